The summed E-state index contributed by atoms with van der Waals surface area (Å²) in [7, 11) is 0. The molecular formula is C15H22N2OS. The largest absolute Gasteiger partial charge is 0.354 e. The molecule has 0 bridgehead atoms. The molecule has 0 atom stereocenters. The van der Waals surface area contributed by atoms with Crippen molar-refractivity contribution < 1.29 is 4.79 Å². The van der Waals surface area contributed by atoms with Crippen LogP contribution in [0, 0.1) is 0 Å². The van der Waals surface area contributed by atoms with Gasteiger partial charge in [-0.3, -0.25) is 4.79 Å². The molecule has 4 heteroatoms. The third kappa shape index (κ3) is 4.88. The molecule has 0 unspecified atom stereocenters. The molecule has 1 amide bonds. The Balaban J connectivity index is 1.70. The monoisotopic (exact) mass is 278 g/mol. The third-order valence-corrected chi connectivity index (χ3v) is 4.61. The maximum absolute atomic E-state index is 11.8. The quantitative estimate of drug-likeness (QED) is 0.814. The highest BCUT2D eigenvalue weighted by Crippen LogP contribution is 2.25. The van der Waals surface area contributed by atoms with E-state index in [1.165, 1.54) is 19.3 Å². The zero-order chi connectivity index (χ0) is 13.6. The highest BCUT2D eigenvalue weighted by molar-refractivity contribution is 8.00. The SMILES string of the molecule is NC1(CNC(=O)CSc2ccccc2)CCCCC1. The molecule has 0 aromatic heterocycles. The Morgan fingerprint density at radius 1 is 1.21 bits per heavy atom. The van der Waals surface area contributed by atoms with Gasteiger partial charge in [0.25, 0.3) is 0 Å². The first-order chi connectivity index (χ1) is 9.18. The fraction of sp³-hybridized carbons (Fsp3) is 0.533. The van der Waals surface area contributed by atoms with E-state index < -0.39 is 0 Å². The van der Waals surface area contributed by atoms with Gasteiger partial charge in [-0.1, -0.05) is 37.5 Å². The molecule has 1 aromatic rings. The Hall–Kier alpha value is -1.00. The van der Waals surface area contributed by atoms with E-state index in [1.54, 1.807) is 11.8 Å². The van der Waals surface area contributed by atoms with Gasteiger partial charge in [0.1, 0.15) is 0 Å². The highest BCUT2D eigenvalue weighted by atomic mass is 32.2. The Morgan fingerprint density at radius 3 is 2.58 bits per heavy atom. The van der Waals surface area contributed by atoms with Gasteiger partial charge < -0.3 is 11.1 Å². The van der Waals surface area contributed by atoms with Gasteiger partial charge in [-0.15, -0.1) is 11.8 Å². The maximum Gasteiger partial charge on any atom is 0.230 e. The molecule has 3 N–H and O–H groups in total. The number of amides is 1. The summed E-state index contributed by atoms with van der Waals surface area (Å²) in [5.41, 5.74) is 6.12. The van der Waals surface area contributed by atoms with Gasteiger partial charge in [-0.05, 0) is 25.0 Å². The average molecular weight is 278 g/mol. The fourth-order valence-corrected chi connectivity index (χ4v) is 3.17. The predicted octanol–water partition coefficient (Wildman–Crippen LogP) is 2.56. The van der Waals surface area contributed by atoms with E-state index in [1.807, 2.05) is 30.3 Å². The molecule has 2 rings (SSSR count). The molecule has 1 aliphatic carbocycles. The number of carbonyl (C=O) groups is 1. The first kappa shape index (κ1) is 14.4. The van der Waals surface area contributed by atoms with Crippen LogP contribution >= 0.6 is 11.8 Å². The number of nitrogens with two attached hydrogens (primary N) is 1. The summed E-state index contributed by atoms with van der Waals surface area (Å²) >= 11 is 1.56. The molecular weight excluding hydrogens is 256 g/mol. The minimum absolute atomic E-state index is 0.0734. The van der Waals surface area contributed by atoms with E-state index in [0.29, 0.717) is 12.3 Å². The molecule has 0 spiro atoms. The molecule has 1 fully saturated rings. The van der Waals surface area contributed by atoms with Gasteiger partial charge in [-0.25, -0.2) is 0 Å². The van der Waals surface area contributed by atoms with Crippen molar-refractivity contribution in [3.05, 3.63) is 30.3 Å². The van der Waals surface area contributed by atoms with Crippen LogP contribution in [0.2, 0.25) is 0 Å². The van der Waals surface area contributed by atoms with E-state index in [0.717, 1.165) is 17.7 Å². The number of nitrogens with one attached hydrogen (secondary N) is 1. The lowest BCUT2D eigenvalue weighted by atomic mass is 9.82. The summed E-state index contributed by atoms with van der Waals surface area (Å²) in [6.07, 6.45) is 5.70. The second-order valence-corrected chi connectivity index (χ2v) is 6.35. The van der Waals surface area contributed by atoms with Gasteiger partial charge in [0.2, 0.25) is 5.91 Å². The number of rotatable bonds is 5. The fourth-order valence-electron chi connectivity index (χ4n) is 2.42. The predicted molar refractivity (Wildman–Crippen MR) is 80.2 cm³/mol. The standard InChI is InChI=1S/C15H22N2OS/c16-15(9-5-2-6-10-15)12-17-14(18)11-19-13-7-3-1-4-8-13/h1,3-4,7-8H,2,5-6,9-12,16H2,(H,17,18). The van der Waals surface area contributed by atoms with Crippen LogP contribution in [-0.4, -0.2) is 23.7 Å². The van der Waals surface area contributed by atoms with Crippen molar-refractivity contribution >= 4 is 17.7 Å². The van der Waals surface area contributed by atoms with Crippen molar-refractivity contribution in [2.24, 2.45) is 5.73 Å². The van der Waals surface area contributed by atoms with Crippen molar-refractivity contribution in [1.29, 1.82) is 0 Å². The van der Waals surface area contributed by atoms with Crippen molar-refractivity contribution in [3.63, 3.8) is 0 Å². The normalized spacial score (nSPS) is 17.9. The van der Waals surface area contributed by atoms with Crippen molar-refractivity contribution in [1.82, 2.24) is 5.32 Å². The topological polar surface area (TPSA) is 55.1 Å². The molecule has 0 radical (unpaired) electrons. The van der Waals surface area contributed by atoms with Crippen LogP contribution in [0.3, 0.4) is 0 Å². The lowest BCUT2D eigenvalue weighted by molar-refractivity contribution is -0.118. The van der Waals surface area contributed by atoms with Gasteiger partial charge in [-0.2, -0.15) is 0 Å². The van der Waals surface area contributed by atoms with Crippen molar-refractivity contribution in [3.8, 4) is 0 Å². The summed E-state index contributed by atoms with van der Waals surface area (Å²) in [6, 6.07) is 9.98. The van der Waals surface area contributed by atoms with Crippen molar-refractivity contribution in [2.45, 2.75) is 42.5 Å². The first-order valence-corrected chi connectivity index (χ1v) is 7.90. The Kier molecular flexibility index (Phi) is 5.28. The minimum atomic E-state index is -0.175. The van der Waals surface area contributed by atoms with E-state index in [9.17, 15) is 4.79 Å². The number of hydrogen-bond acceptors (Lipinski definition) is 3. The zero-order valence-corrected chi connectivity index (χ0v) is 12.0. The van der Waals surface area contributed by atoms with Gasteiger partial charge in [0, 0.05) is 17.0 Å². The summed E-state index contributed by atoms with van der Waals surface area (Å²) < 4.78 is 0. The minimum Gasteiger partial charge on any atom is -0.354 e. The lowest BCUT2D eigenvalue weighted by Gasteiger charge is -2.33. The highest BCUT2D eigenvalue weighted by Gasteiger charge is 2.27. The second kappa shape index (κ2) is 6.96. The lowest BCUT2D eigenvalue weighted by Crippen LogP contribution is -2.51. The van der Waals surface area contributed by atoms with E-state index in [-0.39, 0.29) is 11.4 Å². The van der Waals surface area contributed by atoms with Crippen LogP contribution in [-0.2, 0) is 4.79 Å². The van der Waals surface area contributed by atoms with Crippen LogP contribution in [0.5, 0.6) is 0 Å². The second-order valence-electron chi connectivity index (χ2n) is 5.30. The molecule has 0 aliphatic heterocycles. The van der Waals surface area contributed by atoms with Crippen LogP contribution in [0.4, 0.5) is 0 Å². The maximum atomic E-state index is 11.8. The Labute approximate surface area is 119 Å². The van der Waals surface area contributed by atoms with Crippen LogP contribution < -0.4 is 11.1 Å². The van der Waals surface area contributed by atoms with Gasteiger partial charge in [0.05, 0.1) is 5.75 Å². The Bertz CT molecular complexity index is 402. The Morgan fingerprint density at radius 2 is 1.89 bits per heavy atom. The molecule has 1 aliphatic rings. The first-order valence-electron chi connectivity index (χ1n) is 6.91. The molecule has 3 nitrogen and oxygen atoms in total. The molecule has 0 heterocycles. The van der Waals surface area contributed by atoms with Crippen molar-refractivity contribution in [2.75, 3.05) is 12.3 Å². The number of benzene rings is 1. The number of hydrogen-bond donors (Lipinski definition) is 2. The van der Waals surface area contributed by atoms with Gasteiger partial charge in [0.15, 0.2) is 0 Å². The van der Waals surface area contributed by atoms with Crippen LogP contribution in [0.15, 0.2) is 35.2 Å². The molecule has 104 valence electrons. The van der Waals surface area contributed by atoms with Gasteiger partial charge >= 0.3 is 0 Å². The van der Waals surface area contributed by atoms with Crippen LogP contribution in [0.25, 0.3) is 0 Å². The molecule has 0 saturated heterocycles. The average Bonchev–Trinajstić information content (AvgIpc) is 2.45. The molecule has 1 aromatic carbocycles. The summed E-state index contributed by atoms with van der Waals surface area (Å²) in [5.74, 6) is 0.532. The smallest absolute Gasteiger partial charge is 0.230 e. The summed E-state index contributed by atoms with van der Waals surface area (Å²) in [5, 5.41) is 2.98. The summed E-state index contributed by atoms with van der Waals surface area (Å²) in [6.45, 7) is 0.612. The molecule has 1 saturated carbocycles. The van der Waals surface area contributed by atoms with E-state index in [4.69, 9.17) is 5.73 Å². The number of carbonyl (C=O) groups excluding carboxylic acids is 1. The number of thioether (sulfide) groups is 1. The third-order valence-electron chi connectivity index (χ3n) is 3.60. The molecule has 19 heavy (non-hydrogen) atoms. The van der Waals surface area contributed by atoms with E-state index >= 15 is 0 Å². The van der Waals surface area contributed by atoms with Crippen LogP contribution in [0.1, 0.15) is 32.1 Å². The van der Waals surface area contributed by atoms with E-state index in [2.05, 4.69) is 5.32 Å². The summed E-state index contributed by atoms with van der Waals surface area (Å²) in [4.78, 5) is 12.9. The zero-order valence-electron chi connectivity index (χ0n) is 11.2.